The Morgan fingerprint density at radius 2 is 1.72 bits per heavy atom. The number of hydrogen-bond donors (Lipinski definition) is 1. The predicted octanol–water partition coefficient (Wildman–Crippen LogP) is 2.39. The van der Waals surface area contributed by atoms with Gasteiger partial charge in [-0.15, -0.1) is 0 Å². The van der Waals surface area contributed by atoms with Gasteiger partial charge in [-0.05, 0) is 52.9 Å². The van der Waals surface area contributed by atoms with E-state index in [-0.39, 0.29) is 11.2 Å². The number of ether oxygens (including phenoxy) is 1. The van der Waals surface area contributed by atoms with Crippen LogP contribution in [0.25, 0.3) is 0 Å². The molecule has 1 aliphatic heterocycles. The maximum absolute atomic E-state index is 6.14. The molecule has 0 radical (unpaired) electrons. The van der Waals surface area contributed by atoms with E-state index in [9.17, 15) is 0 Å². The van der Waals surface area contributed by atoms with Crippen LogP contribution in [0.1, 0.15) is 53.4 Å². The normalized spacial score (nSPS) is 36.5. The second-order valence-electron chi connectivity index (χ2n) is 7.58. The van der Waals surface area contributed by atoms with Crippen molar-refractivity contribution in [2.75, 3.05) is 19.6 Å². The standard InChI is InChI=1S/C15H30N2O/c1-14(2)10-17(11-15(3,4)18-14)9-12-6-5-7-13(16)8-12/h12-13H,5-11,16H2,1-4H3. The van der Waals surface area contributed by atoms with Gasteiger partial charge in [0.05, 0.1) is 11.2 Å². The Labute approximate surface area is 112 Å². The van der Waals surface area contributed by atoms with Crippen molar-refractivity contribution < 1.29 is 4.74 Å². The van der Waals surface area contributed by atoms with Crippen molar-refractivity contribution in [3.8, 4) is 0 Å². The van der Waals surface area contributed by atoms with E-state index < -0.39 is 0 Å². The molecule has 0 aromatic heterocycles. The zero-order valence-electron chi connectivity index (χ0n) is 12.5. The fourth-order valence-electron chi connectivity index (χ4n) is 3.94. The van der Waals surface area contributed by atoms with Gasteiger partial charge in [-0.3, -0.25) is 4.90 Å². The first-order valence-corrected chi connectivity index (χ1v) is 7.44. The second kappa shape index (κ2) is 5.10. The summed E-state index contributed by atoms with van der Waals surface area (Å²) in [7, 11) is 0. The molecule has 2 unspecified atom stereocenters. The first-order valence-electron chi connectivity index (χ1n) is 7.44. The molecule has 1 saturated heterocycles. The first-order chi connectivity index (χ1) is 8.26. The minimum atomic E-state index is -0.0292. The van der Waals surface area contributed by atoms with Crippen LogP contribution >= 0.6 is 0 Å². The van der Waals surface area contributed by atoms with Crippen LogP contribution in [-0.4, -0.2) is 41.8 Å². The largest absolute Gasteiger partial charge is 0.367 e. The van der Waals surface area contributed by atoms with Gasteiger partial charge >= 0.3 is 0 Å². The Morgan fingerprint density at radius 3 is 2.28 bits per heavy atom. The molecule has 2 atom stereocenters. The molecule has 2 aliphatic rings. The van der Waals surface area contributed by atoms with E-state index in [2.05, 4.69) is 32.6 Å². The van der Waals surface area contributed by atoms with E-state index in [1.807, 2.05) is 0 Å². The lowest BCUT2D eigenvalue weighted by Crippen LogP contribution is -2.58. The van der Waals surface area contributed by atoms with E-state index in [0.717, 1.165) is 19.0 Å². The molecule has 3 nitrogen and oxygen atoms in total. The van der Waals surface area contributed by atoms with Crippen LogP contribution in [0.3, 0.4) is 0 Å². The Hall–Kier alpha value is -0.120. The van der Waals surface area contributed by atoms with E-state index in [1.165, 1.54) is 32.2 Å². The van der Waals surface area contributed by atoms with Crippen LogP contribution in [0.5, 0.6) is 0 Å². The molecule has 1 saturated carbocycles. The van der Waals surface area contributed by atoms with Crippen molar-refractivity contribution >= 4 is 0 Å². The number of morpholine rings is 1. The van der Waals surface area contributed by atoms with Gasteiger partial charge in [0.15, 0.2) is 0 Å². The molecule has 2 N–H and O–H groups in total. The van der Waals surface area contributed by atoms with E-state index >= 15 is 0 Å². The third-order valence-electron chi connectivity index (χ3n) is 4.10. The van der Waals surface area contributed by atoms with Crippen molar-refractivity contribution in [3.05, 3.63) is 0 Å². The van der Waals surface area contributed by atoms with E-state index in [1.54, 1.807) is 0 Å². The monoisotopic (exact) mass is 254 g/mol. The Bertz CT molecular complexity index is 272. The van der Waals surface area contributed by atoms with Crippen LogP contribution in [0.15, 0.2) is 0 Å². The number of hydrogen-bond acceptors (Lipinski definition) is 3. The smallest absolute Gasteiger partial charge is 0.0760 e. The fourth-order valence-corrected chi connectivity index (χ4v) is 3.94. The van der Waals surface area contributed by atoms with Crippen molar-refractivity contribution in [2.24, 2.45) is 11.7 Å². The van der Waals surface area contributed by atoms with Crippen LogP contribution < -0.4 is 5.73 Å². The van der Waals surface area contributed by atoms with Crippen LogP contribution in [0.2, 0.25) is 0 Å². The van der Waals surface area contributed by atoms with Crippen molar-refractivity contribution in [2.45, 2.75) is 70.6 Å². The molecule has 2 rings (SSSR count). The molecular formula is C15H30N2O. The van der Waals surface area contributed by atoms with Crippen molar-refractivity contribution in [3.63, 3.8) is 0 Å². The number of nitrogens with zero attached hydrogens (tertiary/aromatic N) is 1. The predicted molar refractivity (Wildman–Crippen MR) is 75.6 cm³/mol. The highest BCUT2D eigenvalue weighted by atomic mass is 16.5. The topological polar surface area (TPSA) is 38.5 Å². The summed E-state index contributed by atoms with van der Waals surface area (Å²) >= 11 is 0. The van der Waals surface area contributed by atoms with Crippen molar-refractivity contribution in [1.82, 2.24) is 4.90 Å². The molecule has 0 spiro atoms. The number of nitrogens with two attached hydrogens (primary N) is 1. The van der Waals surface area contributed by atoms with Crippen LogP contribution in [0.4, 0.5) is 0 Å². The Morgan fingerprint density at radius 1 is 1.11 bits per heavy atom. The highest BCUT2D eigenvalue weighted by molar-refractivity contribution is 4.90. The van der Waals surface area contributed by atoms with Gasteiger partial charge in [-0.25, -0.2) is 0 Å². The summed E-state index contributed by atoms with van der Waals surface area (Å²) in [6.45, 7) is 12.1. The highest BCUT2D eigenvalue weighted by Gasteiger charge is 2.38. The van der Waals surface area contributed by atoms with Gasteiger partial charge < -0.3 is 10.5 Å². The summed E-state index contributed by atoms with van der Waals surface area (Å²) in [5.74, 6) is 0.790. The maximum Gasteiger partial charge on any atom is 0.0760 e. The van der Waals surface area contributed by atoms with Crippen LogP contribution in [-0.2, 0) is 4.74 Å². The third-order valence-corrected chi connectivity index (χ3v) is 4.10. The lowest BCUT2D eigenvalue weighted by Gasteiger charge is -2.48. The van der Waals surface area contributed by atoms with Gasteiger partial charge in [0.1, 0.15) is 0 Å². The second-order valence-corrected chi connectivity index (χ2v) is 7.58. The average molecular weight is 254 g/mol. The van der Waals surface area contributed by atoms with E-state index in [4.69, 9.17) is 10.5 Å². The zero-order chi connectivity index (χ0) is 13.4. The first kappa shape index (κ1) is 14.3. The third kappa shape index (κ3) is 3.94. The maximum atomic E-state index is 6.14. The highest BCUT2D eigenvalue weighted by Crippen LogP contribution is 2.30. The summed E-state index contributed by atoms with van der Waals surface area (Å²) < 4.78 is 6.14. The molecule has 3 heteroatoms. The number of rotatable bonds is 2. The van der Waals surface area contributed by atoms with Gasteiger partial charge in [0, 0.05) is 25.7 Å². The van der Waals surface area contributed by atoms with E-state index in [0.29, 0.717) is 6.04 Å². The summed E-state index contributed by atoms with van der Waals surface area (Å²) in [5.41, 5.74) is 6.04. The van der Waals surface area contributed by atoms with Gasteiger partial charge in [-0.1, -0.05) is 6.42 Å². The minimum Gasteiger partial charge on any atom is -0.367 e. The van der Waals surface area contributed by atoms with Gasteiger partial charge in [-0.2, -0.15) is 0 Å². The Kier molecular flexibility index (Phi) is 4.05. The Balaban J connectivity index is 1.92. The minimum absolute atomic E-state index is 0.0292. The summed E-state index contributed by atoms with van der Waals surface area (Å²) in [5, 5.41) is 0. The molecule has 1 aliphatic carbocycles. The molecule has 18 heavy (non-hydrogen) atoms. The lowest BCUT2D eigenvalue weighted by atomic mass is 9.85. The molecule has 0 aromatic carbocycles. The molecule has 106 valence electrons. The van der Waals surface area contributed by atoms with Crippen LogP contribution in [0, 0.1) is 5.92 Å². The molecule has 1 heterocycles. The molecule has 2 fully saturated rings. The SMILES string of the molecule is CC1(C)CN(CC2CCCC(N)C2)CC(C)(C)O1. The van der Waals surface area contributed by atoms with Gasteiger partial charge in [0.25, 0.3) is 0 Å². The zero-order valence-corrected chi connectivity index (χ0v) is 12.5. The fraction of sp³-hybridized carbons (Fsp3) is 1.00. The lowest BCUT2D eigenvalue weighted by molar-refractivity contribution is -0.182. The van der Waals surface area contributed by atoms with Crippen molar-refractivity contribution in [1.29, 1.82) is 0 Å². The average Bonchev–Trinajstić information content (AvgIpc) is 2.11. The summed E-state index contributed by atoms with van der Waals surface area (Å²) in [6, 6.07) is 0.436. The molecular weight excluding hydrogens is 224 g/mol. The van der Waals surface area contributed by atoms with Gasteiger partial charge in [0.2, 0.25) is 0 Å². The molecule has 0 aromatic rings. The molecule has 0 bridgehead atoms. The summed E-state index contributed by atoms with van der Waals surface area (Å²) in [4.78, 5) is 2.59. The molecule has 0 amide bonds. The quantitative estimate of drug-likeness (QED) is 0.822. The summed E-state index contributed by atoms with van der Waals surface area (Å²) in [6.07, 6.45) is 5.09.